The highest BCUT2D eigenvalue weighted by molar-refractivity contribution is 9.10. The normalized spacial score (nSPS) is 10.3. The molecular weight excluding hydrogens is 350 g/mol. The lowest BCUT2D eigenvalue weighted by Gasteiger charge is -2.11. The number of rotatable bonds is 5. The number of carbonyl (C=O) groups is 2. The zero-order valence-corrected chi connectivity index (χ0v) is 13.9. The van der Waals surface area contributed by atoms with Crippen LogP contribution in [0.15, 0.2) is 39.4 Å². The van der Waals surface area contributed by atoms with Crippen LogP contribution in [-0.2, 0) is 4.74 Å². The summed E-state index contributed by atoms with van der Waals surface area (Å²) in [5.41, 5.74) is 1.40. The van der Waals surface area contributed by atoms with Crippen LogP contribution in [0.5, 0.6) is 0 Å². The molecular formula is C16H16BrNO4. The van der Waals surface area contributed by atoms with Crippen molar-refractivity contribution in [1.82, 2.24) is 0 Å². The van der Waals surface area contributed by atoms with E-state index in [1.807, 2.05) is 6.92 Å². The summed E-state index contributed by atoms with van der Waals surface area (Å²) in [5.74, 6) is -0.667. The third kappa shape index (κ3) is 3.76. The number of esters is 1. The summed E-state index contributed by atoms with van der Waals surface area (Å²) in [7, 11) is 0. The van der Waals surface area contributed by atoms with E-state index in [4.69, 9.17) is 9.15 Å². The van der Waals surface area contributed by atoms with Gasteiger partial charge in [0, 0.05) is 10.0 Å². The van der Waals surface area contributed by atoms with Crippen molar-refractivity contribution in [3.05, 3.63) is 51.9 Å². The van der Waals surface area contributed by atoms with Gasteiger partial charge in [0.1, 0.15) is 0 Å². The van der Waals surface area contributed by atoms with Crippen LogP contribution in [0.1, 0.15) is 39.8 Å². The molecule has 1 heterocycles. The van der Waals surface area contributed by atoms with Crippen molar-refractivity contribution in [2.75, 3.05) is 11.9 Å². The van der Waals surface area contributed by atoms with Crippen molar-refractivity contribution >= 4 is 33.5 Å². The summed E-state index contributed by atoms with van der Waals surface area (Å²) in [6, 6.07) is 6.69. The molecule has 2 aromatic rings. The Hall–Kier alpha value is -2.08. The number of benzene rings is 1. The first kappa shape index (κ1) is 16.3. The first-order valence-corrected chi connectivity index (χ1v) is 7.64. The topological polar surface area (TPSA) is 68.5 Å². The van der Waals surface area contributed by atoms with Crippen LogP contribution in [0.2, 0.25) is 0 Å². The van der Waals surface area contributed by atoms with E-state index in [1.165, 1.54) is 6.26 Å². The van der Waals surface area contributed by atoms with Crippen LogP contribution in [0.4, 0.5) is 5.69 Å². The molecule has 0 radical (unpaired) electrons. The highest BCUT2D eigenvalue weighted by atomic mass is 79.9. The summed E-state index contributed by atoms with van der Waals surface area (Å²) >= 11 is 3.31. The van der Waals surface area contributed by atoms with Crippen molar-refractivity contribution in [3.63, 3.8) is 0 Å². The SMILES string of the molecule is CCCOC(=O)c1cc(Br)ccc1NC(=O)c1occc1C. The Balaban J connectivity index is 2.25. The second-order valence-corrected chi connectivity index (χ2v) is 5.63. The van der Waals surface area contributed by atoms with Gasteiger partial charge in [-0.3, -0.25) is 4.79 Å². The van der Waals surface area contributed by atoms with Crippen LogP contribution in [-0.4, -0.2) is 18.5 Å². The Morgan fingerprint density at radius 3 is 2.73 bits per heavy atom. The molecule has 0 spiro atoms. The number of amides is 1. The smallest absolute Gasteiger partial charge is 0.340 e. The number of aryl methyl sites for hydroxylation is 1. The molecule has 116 valence electrons. The molecule has 0 saturated carbocycles. The molecule has 0 unspecified atom stereocenters. The number of carbonyl (C=O) groups excluding carboxylic acids is 2. The lowest BCUT2D eigenvalue weighted by atomic mass is 10.1. The molecule has 1 amide bonds. The van der Waals surface area contributed by atoms with Gasteiger partial charge in [-0.25, -0.2) is 4.79 Å². The highest BCUT2D eigenvalue weighted by Gasteiger charge is 2.18. The minimum absolute atomic E-state index is 0.218. The fraction of sp³-hybridized carbons (Fsp3) is 0.250. The Morgan fingerprint density at radius 1 is 1.32 bits per heavy atom. The van der Waals surface area contributed by atoms with Gasteiger partial charge in [-0.2, -0.15) is 0 Å². The second-order valence-electron chi connectivity index (χ2n) is 4.71. The summed E-state index contributed by atoms with van der Waals surface area (Å²) in [6.07, 6.45) is 2.18. The van der Waals surface area contributed by atoms with E-state index < -0.39 is 11.9 Å². The average molecular weight is 366 g/mol. The number of nitrogens with one attached hydrogen (secondary N) is 1. The molecule has 2 rings (SSSR count). The van der Waals surface area contributed by atoms with Crippen LogP contribution in [0, 0.1) is 6.92 Å². The minimum Gasteiger partial charge on any atom is -0.462 e. The Bertz CT molecular complexity index is 693. The fourth-order valence-corrected chi connectivity index (χ4v) is 2.21. The van der Waals surface area contributed by atoms with E-state index in [9.17, 15) is 9.59 Å². The van der Waals surface area contributed by atoms with E-state index in [2.05, 4.69) is 21.2 Å². The molecule has 0 aliphatic carbocycles. The number of halogens is 1. The minimum atomic E-state index is -0.477. The predicted molar refractivity (Wildman–Crippen MR) is 86.1 cm³/mol. The zero-order valence-electron chi connectivity index (χ0n) is 12.3. The number of ether oxygens (including phenoxy) is 1. The molecule has 0 aliphatic heterocycles. The first-order chi connectivity index (χ1) is 10.5. The van der Waals surface area contributed by atoms with Crippen molar-refractivity contribution in [1.29, 1.82) is 0 Å². The van der Waals surface area contributed by atoms with Gasteiger partial charge in [-0.1, -0.05) is 22.9 Å². The van der Waals surface area contributed by atoms with Crippen molar-refractivity contribution in [2.24, 2.45) is 0 Å². The largest absolute Gasteiger partial charge is 0.462 e. The molecule has 6 heteroatoms. The second kappa shape index (κ2) is 7.26. The van der Waals surface area contributed by atoms with Crippen LogP contribution < -0.4 is 5.32 Å². The molecule has 5 nitrogen and oxygen atoms in total. The van der Waals surface area contributed by atoms with Crippen molar-refractivity contribution in [3.8, 4) is 0 Å². The van der Waals surface area contributed by atoms with Gasteiger partial charge < -0.3 is 14.5 Å². The summed E-state index contributed by atoms with van der Waals surface area (Å²) in [6.45, 7) is 4.02. The average Bonchev–Trinajstić information content (AvgIpc) is 2.92. The third-order valence-electron chi connectivity index (χ3n) is 2.96. The first-order valence-electron chi connectivity index (χ1n) is 6.85. The summed E-state index contributed by atoms with van der Waals surface area (Å²) < 4.78 is 11.0. The van der Waals surface area contributed by atoms with E-state index >= 15 is 0 Å². The lowest BCUT2D eigenvalue weighted by molar-refractivity contribution is 0.0506. The highest BCUT2D eigenvalue weighted by Crippen LogP contribution is 2.23. The van der Waals surface area contributed by atoms with Crippen molar-refractivity contribution in [2.45, 2.75) is 20.3 Å². The number of furan rings is 1. The Morgan fingerprint density at radius 2 is 2.09 bits per heavy atom. The van der Waals surface area contributed by atoms with Crippen LogP contribution in [0.3, 0.4) is 0 Å². The molecule has 1 N–H and O–H groups in total. The van der Waals surface area contributed by atoms with Gasteiger partial charge in [0.25, 0.3) is 5.91 Å². The van der Waals surface area contributed by atoms with Crippen molar-refractivity contribution < 1.29 is 18.7 Å². The molecule has 1 aromatic heterocycles. The maximum Gasteiger partial charge on any atom is 0.340 e. The Labute approximate surface area is 136 Å². The van der Waals surface area contributed by atoms with Crippen LogP contribution in [0.25, 0.3) is 0 Å². The third-order valence-corrected chi connectivity index (χ3v) is 3.45. The van der Waals surface area contributed by atoms with Gasteiger partial charge in [0.05, 0.1) is 24.1 Å². The molecule has 0 bridgehead atoms. The van der Waals surface area contributed by atoms with Gasteiger partial charge in [-0.15, -0.1) is 0 Å². The fourth-order valence-electron chi connectivity index (χ4n) is 1.85. The molecule has 0 atom stereocenters. The molecule has 0 saturated heterocycles. The number of hydrogen-bond donors (Lipinski definition) is 1. The zero-order chi connectivity index (χ0) is 16.1. The van der Waals surface area contributed by atoms with E-state index in [1.54, 1.807) is 31.2 Å². The maximum atomic E-state index is 12.2. The standard InChI is InChI=1S/C16H16BrNO4/c1-3-7-22-16(20)12-9-11(17)4-5-13(12)18-15(19)14-10(2)6-8-21-14/h4-6,8-9H,3,7H2,1-2H3,(H,18,19). The van der Waals surface area contributed by atoms with E-state index in [0.29, 0.717) is 17.9 Å². The van der Waals surface area contributed by atoms with Gasteiger partial charge in [0.15, 0.2) is 5.76 Å². The predicted octanol–water partition coefficient (Wildman–Crippen LogP) is 4.17. The van der Waals surface area contributed by atoms with E-state index in [-0.39, 0.29) is 5.76 Å². The lowest BCUT2D eigenvalue weighted by Crippen LogP contribution is -2.16. The molecule has 0 fully saturated rings. The summed E-state index contributed by atoms with van der Waals surface area (Å²) in [5, 5.41) is 2.68. The van der Waals surface area contributed by atoms with E-state index in [0.717, 1.165) is 16.5 Å². The van der Waals surface area contributed by atoms with Crippen LogP contribution >= 0.6 is 15.9 Å². The number of anilines is 1. The number of hydrogen-bond acceptors (Lipinski definition) is 4. The Kier molecular flexibility index (Phi) is 5.38. The van der Waals surface area contributed by atoms with Gasteiger partial charge in [0.2, 0.25) is 0 Å². The van der Waals surface area contributed by atoms with Gasteiger partial charge >= 0.3 is 5.97 Å². The summed E-state index contributed by atoms with van der Waals surface area (Å²) in [4.78, 5) is 24.3. The quantitative estimate of drug-likeness (QED) is 0.807. The maximum absolute atomic E-state index is 12.2. The molecule has 22 heavy (non-hydrogen) atoms. The van der Waals surface area contributed by atoms with Gasteiger partial charge in [-0.05, 0) is 37.6 Å². The molecule has 0 aliphatic rings. The molecule has 1 aromatic carbocycles. The monoisotopic (exact) mass is 365 g/mol.